The van der Waals surface area contributed by atoms with Gasteiger partial charge < -0.3 is 15.8 Å². The maximum absolute atomic E-state index is 12.9. The van der Waals surface area contributed by atoms with E-state index in [1.165, 1.54) is 12.1 Å². The Hall–Kier alpha value is -2.47. The quantitative estimate of drug-likeness (QED) is 0.845. The van der Waals surface area contributed by atoms with Crippen LogP contribution in [0.4, 0.5) is 4.39 Å². The van der Waals surface area contributed by atoms with E-state index in [0.717, 1.165) is 19.3 Å². The van der Waals surface area contributed by atoms with E-state index in [1.54, 1.807) is 30.5 Å². The highest BCUT2D eigenvalue weighted by Crippen LogP contribution is 2.31. The van der Waals surface area contributed by atoms with Gasteiger partial charge in [-0.2, -0.15) is 0 Å². The van der Waals surface area contributed by atoms with Crippen molar-refractivity contribution >= 4 is 5.91 Å². The maximum Gasteiger partial charge on any atom is 0.223 e. The Morgan fingerprint density at radius 2 is 2.04 bits per heavy atom. The summed E-state index contributed by atoms with van der Waals surface area (Å²) in [6.07, 6.45) is 4.60. The van der Waals surface area contributed by atoms with Crippen LogP contribution in [0.5, 0.6) is 11.5 Å². The molecule has 0 spiro atoms. The van der Waals surface area contributed by atoms with Gasteiger partial charge in [0.25, 0.3) is 0 Å². The summed E-state index contributed by atoms with van der Waals surface area (Å²) in [5, 5.41) is 2.94. The molecule has 1 aliphatic rings. The van der Waals surface area contributed by atoms with Crippen LogP contribution in [0.2, 0.25) is 0 Å². The Morgan fingerprint density at radius 1 is 1.24 bits per heavy atom. The normalized spacial score (nSPS) is 19.6. The van der Waals surface area contributed by atoms with Gasteiger partial charge in [0, 0.05) is 18.2 Å². The molecular formula is C19H22FN3O2. The molecule has 132 valence electrons. The molecule has 6 heteroatoms. The van der Waals surface area contributed by atoms with Gasteiger partial charge in [-0.25, -0.2) is 4.39 Å². The lowest BCUT2D eigenvalue weighted by Crippen LogP contribution is -2.34. The van der Waals surface area contributed by atoms with Crippen molar-refractivity contribution < 1.29 is 13.9 Å². The third-order valence-corrected chi connectivity index (χ3v) is 4.58. The lowest BCUT2D eigenvalue weighted by molar-refractivity contribution is -0.126. The van der Waals surface area contributed by atoms with Crippen LogP contribution < -0.4 is 15.8 Å². The second-order valence-corrected chi connectivity index (χ2v) is 6.29. The Kier molecular flexibility index (Phi) is 5.60. The summed E-state index contributed by atoms with van der Waals surface area (Å²) in [5.41, 5.74) is 6.44. The highest BCUT2D eigenvalue weighted by atomic mass is 19.1. The molecule has 25 heavy (non-hydrogen) atoms. The van der Waals surface area contributed by atoms with Crippen LogP contribution in [0.15, 0.2) is 42.6 Å². The fourth-order valence-corrected chi connectivity index (χ4v) is 3.23. The van der Waals surface area contributed by atoms with Gasteiger partial charge in [0.2, 0.25) is 5.91 Å². The van der Waals surface area contributed by atoms with Gasteiger partial charge in [-0.05, 0) is 55.6 Å². The Labute approximate surface area is 146 Å². The van der Waals surface area contributed by atoms with Crippen molar-refractivity contribution in [3.63, 3.8) is 0 Å². The number of aromatic nitrogens is 1. The summed E-state index contributed by atoms with van der Waals surface area (Å²) in [6, 6.07) is 9.28. The lowest BCUT2D eigenvalue weighted by Gasteiger charge is -2.17. The number of hydrogen-bond donors (Lipinski definition) is 2. The minimum Gasteiger partial charge on any atom is -0.457 e. The smallest absolute Gasteiger partial charge is 0.223 e. The van der Waals surface area contributed by atoms with Gasteiger partial charge in [-0.1, -0.05) is 6.42 Å². The molecule has 0 unspecified atom stereocenters. The number of nitrogens with zero attached hydrogens (tertiary/aromatic N) is 1. The summed E-state index contributed by atoms with van der Waals surface area (Å²) in [5.74, 6) is 1.14. The molecule has 3 rings (SSSR count). The van der Waals surface area contributed by atoms with Gasteiger partial charge in [0.15, 0.2) is 0 Å². The molecule has 1 saturated carbocycles. The summed E-state index contributed by atoms with van der Waals surface area (Å²) >= 11 is 0. The standard InChI is InChI=1S/C19H22FN3O2/c20-14-4-6-16(7-5-14)25-17-8-9-22-15(10-17)12-23-19(24)18-3-1-2-13(18)11-21/h4-10,13,18H,1-3,11-12,21H2,(H,23,24)/t13-,18-/m1/s1. The zero-order valence-corrected chi connectivity index (χ0v) is 14.0. The van der Waals surface area contributed by atoms with Crippen LogP contribution in [0.1, 0.15) is 25.0 Å². The molecule has 1 aromatic carbocycles. The minimum atomic E-state index is -0.312. The lowest BCUT2D eigenvalue weighted by atomic mass is 9.95. The molecule has 0 bridgehead atoms. The predicted molar refractivity (Wildman–Crippen MR) is 92.4 cm³/mol. The predicted octanol–water partition coefficient (Wildman–Crippen LogP) is 3.00. The van der Waals surface area contributed by atoms with Gasteiger partial charge in [-0.3, -0.25) is 9.78 Å². The Balaban J connectivity index is 1.58. The number of benzene rings is 1. The number of hydrogen-bond acceptors (Lipinski definition) is 4. The fourth-order valence-electron chi connectivity index (χ4n) is 3.23. The molecular weight excluding hydrogens is 321 g/mol. The second kappa shape index (κ2) is 8.07. The molecule has 3 N–H and O–H groups in total. The van der Waals surface area contributed by atoms with Crippen molar-refractivity contribution in [2.75, 3.05) is 6.54 Å². The van der Waals surface area contributed by atoms with E-state index >= 15 is 0 Å². The number of carbonyl (C=O) groups is 1. The van der Waals surface area contributed by atoms with Gasteiger partial charge in [-0.15, -0.1) is 0 Å². The molecule has 5 nitrogen and oxygen atoms in total. The number of pyridine rings is 1. The molecule has 1 fully saturated rings. The largest absolute Gasteiger partial charge is 0.457 e. The molecule has 0 aliphatic heterocycles. The number of nitrogens with one attached hydrogen (secondary N) is 1. The van der Waals surface area contributed by atoms with Crippen LogP contribution in [-0.2, 0) is 11.3 Å². The number of rotatable bonds is 6. The zero-order chi connectivity index (χ0) is 17.6. The molecule has 0 radical (unpaired) electrons. The van der Waals surface area contributed by atoms with E-state index in [0.29, 0.717) is 30.3 Å². The van der Waals surface area contributed by atoms with Gasteiger partial charge >= 0.3 is 0 Å². The SMILES string of the molecule is NC[C@H]1CCC[C@H]1C(=O)NCc1cc(Oc2ccc(F)cc2)ccn1. The Bertz CT molecular complexity index is 721. The number of nitrogens with two attached hydrogens (primary N) is 1. The average Bonchev–Trinajstić information content (AvgIpc) is 3.11. The molecule has 2 atom stereocenters. The van der Waals surface area contributed by atoms with E-state index in [-0.39, 0.29) is 23.6 Å². The van der Waals surface area contributed by atoms with Crippen molar-refractivity contribution in [3.05, 3.63) is 54.1 Å². The first-order valence-electron chi connectivity index (χ1n) is 8.52. The van der Waals surface area contributed by atoms with E-state index < -0.39 is 0 Å². The zero-order valence-electron chi connectivity index (χ0n) is 14.0. The molecule has 2 aromatic rings. The van der Waals surface area contributed by atoms with Crippen LogP contribution in [-0.4, -0.2) is 17.4 Å². The first-order chi connectivity index (χ1) is 12.2. The third-order valence-electron chi connectivity index (χ3n) is 4.58. The van der Waals surface area contributed by atoms with E-state index in [9.17, 15) is 9.18 Å². The summed E-state index contributed by atoms with van der Waals surface area (Å²) in [4.78, 5) is 16.6. The third kappa shape index (κ3) is 4.54. The monoisotopic (exact) mass is 343 g/mol. The van der Waals surface area contributed by atoms with Crippen LogP contribution >= 0.6 is 0 Å². The first kappa shape index (κ1) is 17.4. The van der Waals surface area contributed by atoms with Gasteiger partial charge in [0.1, 0.15) is 17.3 Å². The van der Waals surface area contributed by atoms with Crippen molar-refractivity contribution in [1.29, 1.82) is 0 Å². The number of amides is 1. The van der Waals surface area contributed by atoms with Crippen molar-refractivity contribution in [2.45, 2.75) is 25.8 Å². The summed E-state index contributed by atoms with van der Waals surface area (Å²) in [6.45, 7) is 0.893. The average molecular weight is 343 g/mol. The number of carbonyl (C=O) groups excluding carboxylic acids is 1. The topological polar surface area (TPSA) is 77.2 Å². The van der Waals surface area contributed by atoms with Crippen LogP contribution in [0.3, 0.4) is 0 Å². The van der Waals surface area contributed by atoms with Crippen LogP contribution in [0.25, 0.3) is 0 Å². The summed E-state index contributed by atoms with van der Waals surface area (Å²) < 4.78 is 18.6. The van der Waals surface area contributed by atoms with E-state index in [1.807, 2.05) is 0 Å². The van der Waals surface area contributed by atoms with Crippen molar-refractivity contribution in [3.8, 4) is 11.5 Å². The Morgan fingerprint density at radius 3 is 2.80 bits per heavy atom. The second-order valence-electron chi connectivity index (χ2n) is 6.29. The maximum atomic E-state index is 12.9. The highest BCUT2D eigenvalue weighted by molar-refractivity contribution is 5.79. The molecule has 0 saturated heterocycles. The molecule has 1 aliphatic carbocycles. The van der Waals surface area contributed by atoms with Crippen molar-refractivity contribution in [2.24, 2.45) is 17.6 Å². The van der Waals surface area contributed by atoms with Crippen molar-refractivity contribution in [1.82, 2.24) is 10.3 Å². The number of halogens is 1. The highest BCUT2D eigenvalue weighted by Gasteiger charge is 2.31. The molecule has 1 amide bonds. The fraction of sp³-hybridized carbons (Fsp3) is 0.368. The van der Waals surface area contributed by atoms with Gasteiger partial charge in [0.05, 0.1) is 12.2 Å². The van der Waals surface area contributed by atoms with Crippen LogP contribution in [0, 0.1) is 17.7 Å². The number of ether oxygens (including phenoxy) is 1. The van der Waals surface area contributed by atoms with E-state index in [4.69, 9.17) is 10.5 Å². The minimum absolute atomic E-state index is 0.00338. The summed E-state index contributed by atoms with van der Waals surface area (Å²) in [7, 11) is 0. The molecule has 1 aromatic heterocycles. The molecule has 1 heterocycles. The van der Waals surface area contributed by atoms with E-state index in [2.05, 4.69) is 10.3 Å². The first-order valence-corrected chi connectivity index (χ1v) is 8.52.